The van der Waals surface area contributed by atoms with E-state index in [9.17, 15) is 4.79 Å². The average Bonchev–Trinajstić information content (AvgIpc) is 2.86. The van der Waals surface area contributed by atoms with Crippen LogP contribution >= 0.6 is 11.3 Å². The van der Waals surface area contributed by atoms with Gasteiger partial charge in [-0.15, -0.1) is 0 Å². The molecular formula is C19H20N2O2S. The second-order valence-electron chi connectivity index (χ2n) is 5.94. The largest absolute Gasteiger partial charge is 0.495 e. The number of methoxy groups -OCH3 is 1. The van der Waals surface area contributed by atoms with E-state index in [1.54, 1.807) is 7.11 Å². The first-order valence-electron chi connectivity index (χ1n) is 7.72. The van der Waals surface area contributed by atoms with E-state index < -0.39 is 0 Å². The molecule has 5 heteroatoms. The number of thiazole rings is 1. The fraction of sp³-hybridized carbons (Fsp3) is 0.263. The molecular weight excluding hydrogens is 320 g/mol. The normalized spacial score (nSPS) is 12.0. The number of aryl methyl sites for hydroxylation is 4. The van der Waals surface area contributed by atoms with Crippen molar-refractivity contribution < 1.29 is 9.53 Å². The summed E-state index contributed by atoms with van der Waals surface area (Å²) >= 11 is 1.51. The lowest BCUT2D eigenvalue weighted by molar-refractivity contribution is 0.0997. The van der Waals surface area contributed by atoms with Crippen LogP contribution in [0.2, 0.25) is 0 Å². The summed E-state index contributed by atoms with van der Waals surface area (Å²) in [5.74, 6) is 0.570. The van der Waals surface area contributed by atoms with Crippen LogP contribution in [0.25, 0.3) is 10.2 Å². The number of hydrogen-bond acceptors (Lipinski definition) is 3. The van der Waals surface area contributed by atoms with Crippen LogP contribution in [0.4, 0.5) is 0 Å². The van der Waals surface area contributed by atoms with Crippen molar-refractivity contribution in [3.8, 4) is 5.75 Å². The Hall–Kier alpha value is -2.40. The first kappa shape index (κ1) is 16.5. The molecule has 24 heavy (non-hydrogen) atoms. The third-order valence-electron chi connectivity index (χ3n) is 4.14. The standard InChI is InChI=1S/C19H20N2O2S/c1-11-6-8-14(13(3)10-11)18(22)20-19-21(4)16-15(23-5)9-7-12(2)17(16)24-19/h6-10H,1-5H3. The fourth-order valence-corrected chi connectivity index (χ4v) is 3.92. The highest BCUT2D eigenvalue weighted by molar-refractivity contribution is 7.16. The maximum Gasteiger partial charge on any atom is 0.279 e. The van der Waals surface area contributed by atoms with Crippen molar-refractivity contribution in [2.75, 3.05) is 7.11 Å². The predicted molar refractivity (Wildman–Crippen MR) is 97.9 cm³/mol. The lowest BCUT2D eigenvalue weighted by Gasteiger charge is -2.05. The van der Waals surface area contributed by atoms with Crippen LogP contribution in [0.5, 0.6) is 5.75 Å². The molecule has 0 aliphatic carbocycles. The minimum atomic E-state index is -0.216. The minimum absolute atomic E-state index is 0.216. The lowest BCUT2D eigenvalue weighted by atomic mass is 10.1. The third kappa shape index (κ3) is 2.76. The zero-order valence-electron chi connectivity index (χ0n) is 14.5. The Morgan fingerprint density at radius 1 is 1.12 bits per heavy atom. The molecule has 2 aromatic carbocycles. The number of benzene rings is 2. The van der Waals surface area contributed by atoms with Gasteiger partial charge >= 0.3 is 0 Å². The Labute approximate surface area is 145 Å². The van der Waals surface area contributed by atoms with Gasteiger partial charge in [0.2, 0.25) is 0 Å². The van der Waals surface area contributed by atoms with Crippen LogP contribution in [-0.2, 0) is 7.05 Å². The molecule has 0 unspecified atom stereocenters. The summed E-state index contributed by atoms with van der Waals surface area (Å²) in [5.41, 5.74) is 4.83. The Kier molecular flexibility index (Phi) is 4.28. The van der Waals surface area contributed by atoms with Gasteiger partial charge in [-0.1, -0.05) is 35.1 Å². The van der Waals surface area contributed by atoms with Crippen molar-refractivity contribution in [1.29, 1.82) is 0 Å². The van der Waals surface area contributed by atoms with Crippen molar-refractivity contribution in [2.24, 2.45) is 12.0 Å². The van der Waals surface area contributed by atoms with Gasteiger partial charge in [0.05, 0.1) is 11.8 Å². The Bertz CT molecular complexity index is 1010. The molecule has 0 N–H and O–H groups in total. The quantitative estimate of drug-likeness (QED) is 0.710. The molecule has 0 aliphatic heterocycles. The number of fused-ring (bicyclic) bond motifs is 1. The summed E-state index contributed by atoms with van der Waals surface area (Å²) in [6.07, 6.45) is 0. The summed E-state index contributed by atoms with van der Waals surface area (Å²) in [5, 5.41) is 0. The van der Waals surface area contributed by atoms with Gasteiger partial charge in [0.1, 0.15) is 11.3 Å². The van der Waals surface area contributed by atoms with Gasteiger partial charge in [-0.25, -0.2) is 0 Å². The van der Waals surface area contributed by atoms with E-state index in [1.165, 1.54) is 11.3 Å². The second-order valence-corrected chi connectivity index (χ2v) is 6.92. The van der Waals surface area contributed by atoms with Crippen LogP contribution in [0.1, 0.15) is 27.0 Å². The highest BCUT2D eigenvalue weighted by Crippen LogP contribution is 2.29. The third-order valence-corrected chi connectivity index (χ3v) is 5.40. The van der Waals surface area contributed by atoms with Gasteiger partial charge in [-0.2, -0.15) is 4.99 Å². The van der Waals surface area contributed by atoms with Crippen LogP contribution in [0.3, 0.4) is 0 Å². The first-order chi connectivity index (χ1) is 11.4. The van der Waals surface area contributed by atoms with Gasteiger partial charge in [0, 0.05) is 12.6 Å². The summed E-state index contributed by atoms with van der Waals surface area (Å²) in [6.45, 7) is 6.00. The monoisotopic (exact) mass is 340 g/mol. The molecule has 1 aromatic heterocycles. The highest BCUT2D eigenvalue weighted by atomic mass is 32.1. The molecule has 0 bridgehead atoms. The molecule has 124 valence electrons. The number of carbonyl (C=O) groups is 1. The van der Waals surface area contributed by atoms with Gasteiger partial charge in [-0.3, -0.25) is 4.79 Å². The van der Waals surface area contributed by atoms with Crippen molar-refractivity contribution in [3.05, 3.63) is 57.4 Å². The SMILES string of the molecule is COc1ccc(C)c2sc(=NC(=O)c3ccc(C)cc3C)n(C)c12. The molecule has 0 atom stereocenters. The molecule has 0 fully saturated rings. The van der Waals surface area contributed by atoms with Crippen molar-refractivity contribution >= 4 is 27.5 Å². The van der Waals surface area contributed by atoms with E-state index in [1.807, 2.05) is 62.7 Å². The van der Waals surface area contributed by atoms with Crippen LogP contribution in [0.15, 0.2) is 35.3 Å². The zero-order chi connectivity index (χ0) is 17.4. The lowest BCUT2D eigenvalue weighted by Crippen LogP contribution is -2.14. The maximum atomic E-state index is 12.6. The molecule has 1 amide bonds. The van der Waals surface area contributed by atoms with E-state index in [4.69, 9.17) is 4.74 Å². The van der Waals surface area contributed by atoms with Crippen molar-refractivity contribution in [2.45, 2.75) is 20.8 Å². The highest BCUT2D eigenvalue weighted by Gasteiger charge is 2.13. The molecule has 0 saturated heterocycles. The first-order valence-corrected chi connectivity index (χ1v) is 8.53. The predicted octanol–water partition coefficient (Wildman–Crippen LogP) is 3.91. The number of aromatic nitrogens is 1. The summed E-state index contributed by atoms with van der Waals surface area (Å²) in [7, 11) is 3.56. The van der Waals surface area contributed by atoms with Gasteiger partial charge in [0.15, 0.2) is 4.80 Å². The fourth-order valence-electron chi connectivity index (χ4n) is 2.82. The van der Waals surface area contributed by atoms with Crippen LogP contribution in [0, 0.1) is 20.8 Å². The van der Waals surface area contributed by atoms with Gasteiger partial charge < -0.3 is 9.30 Å². The van der Waals surface area contributed by atoms with E-state index in [0.29, 0.717) is 10.4 Å². The molecule has 3 aromatic rings. The van der Waals surface area contributed by atoms with Gasteiger partial charge in [0.25, 0.3) is 5.91 Å². The maximum absolute atomic E-state index is 12.6. The summed E-state index contributed by atoms with van der Waals surface area (Å²) in [4.78, 5) is 17.6. The van der Waals surface area contributed by atoms with Crippen LogP contribution < -0.4 is 9.54 Å². The molecule has 0 saturated carbocycles. The number of hydrogen-bond donors (Lipinski definition) is 0. The van der Waals surface area contributed by atoms with Crippen LogP contribution in [-0.4, -0.2) is 17.6 Å². The molecule has 4 nitrogen and oxygen atoms in total. The van der Waals surface area contributed by atoms with Gasteiger partial charge in [-0.05, 0) is 44.0 Å². The topological polar surface area (TPSA) is 43.6 Å². The summed E-state index contributed by atoms with van der Waals surface area (Å²) in [6, 6.07) is 9.75. The molecule has 1 heterocycles. The van der Waals surface area contributed by atoms with E-state index in [-0.39, 0.29) is 5.91 Å². The number of carbonyl (C=O) groups excluding carboxylic acids is 1. The number of ether oxygens (including phenoxy) is 1. The molecule has 3 rings (SSSR count). The van der Waals surface area contributed by atoms with E-state index in [0.717, 1.165) is 32.7 Å². The number of amides is 1. The molecule has 0 aliphatic rings. The average molecular weight is 340 g/mol. The van der Waals surface area contributed by atoms with E-state index in [2.05, 4.69) is 4.99 Å². The minimum Gasteiger partial charge on any atom is -0.495 e. The molecule has 0 spiro atoms. The zero-order valence-corrected chi connectivity index (χ0v) is 15.3. The number of rotatable bonds is 2. The van der Waals surface area contributed by atoms with Crippen molar-refractivity contribution in [3.63, 3.8) is 0 Å². The second kappa shape index (κ2) is 6.24. The Morgan fingerprint density at radius 3 is 2.54 bits per heavy atom. The van der Waals surface area contributed by atoms with E-state index >= 15 is 0 Å². The van der Waals surface area contributed by atoms with Crippen molar-refractivity contribution in [1.82, 2.24) is 4.57 Å². The number of nitrogens with zero attached hydrogens (tertiary/aromatic N) is 2. The Morgan fingerprint density at radius 2 is 1.88 bits per heavy atom. The summed E-state index contributed by atoms with van der Waals surface area (Å²) < 4.78 is 8.47. The molecule has 0 radical (unpaired) electrons. The Balaban J connectivity index is 2.19. The smallest absolute Gasteiger partial charge is 0.279 e.